The maximum absolute atomic E-state index is 12.8. The Morgan fingerprint density at radius 3 is 2.83 bits per heavy atom. The summed E-state index contributed by atoms with van der Waals surface area (Å²) in [6, 6.07) is 5.81. The average molecular weight is 326 g/mol. The molecule has 1 aliphatic rings. The van der Waals surface area contributed by atoms with Crippen LogP contribution in [0.25, 0.3) is 0 Å². The number of aromatic nitrogens is 2. The molecule has 126 valence electrons. The number of benzene rings is 1. The number of nitrogens with zero attached hydrogens (tertiary/aromatic N) is 2. The van der Waals surface area contributed by atoms with Crippen molar-refractivity contribution >= 4 is 17.5 Å². The fourth-order valence-corrected chi connectivity index (χ4v) is 3.42. The number of carbonyl (C=O) groups is 2. The van der Waals surface area contributed by atoms with Crippen LogP contribution in [-0.2, 0) is 26.3 Å². The zero-order chi connectivity index (χ0) is 17.3. The van der Waals surface area contributed by atoms with Crippen molar-refractivity contribution in [2.24, 2.45) is 12.8 Å². The van der Waals surface area contributed by atoms with Gasteiger partial charge in [-0.25, -0.2) is 0 Å². The Bertz CT molecular complexity index is 808. The van der Waals surface area contributed by atoms with E-state index < -0.39 is 5.91 Å². The Morgan fingerprint density at radius 1 is 1.33 bits per heavy atom. The second-order valence-corrected chi connectivity index (χ2v) is 6.16. The van der Waals surface area contributed by atoms with Crippen molar-refractivity contribution in [2.45, 2.75) is 39.0 Å². The molecule has 1 aliphatic carbocycles. The molecule has 0 saturated carbocycles. The molecule has 0 radical (unpaired) electrons. The summed E-state index contributed by atoms with van der Waals surface area (Å²) in [6.45, 7) is 2.02. The average Bonchev–Trinajstić information content (AvgIpc) is 3.12. The van der Waals surface area contributed by atoms with Gasteiger partial charge < -0.3 is 11.1 Å². The van der Waals surface area contributed by atoms with Gasteiger partial charge in [-0.1, -0.05) is 25.5 Å². The van der Waals surface area contributed by atoms with Gasteiger partial charge in [-0.15, -0.1) is 0 Å². The first-order valence-electron chi connectivity index (χ1n) is 8.30. The summed E-state index contributed by atoms with van der Waals surface area (Å²) in [5.74, 6) is -0.803. The Labute approximate surface area is 141 Å². The molecule has 0 fully saturated rings. The fourth-order valence-electron chi connectivity index (χ4n) is 3.42. The van der Waals surface area contributed by atoms with E-state index in [0.29, 0.717) is 23.4 Å². The minimum absolute atomic E-state index is 0.207. The van der Waals surface area contributed by atoms with Crippen molar-refractivity contribution in [3.05, 3.63) is 46.3 Å². The number of rotatable bonds is 5. The lowest BCUT2D eigenvalue weighted by Crippen LogP contribution is -2.21. The quantitative estimate of drug-likeness (QED) is 0.882. The molecule has 1 heterocycles. The monoisotopic (exact) mass is 326 g/mol. The summed E-state index contributed by atoms with van der Waals surface area (Å²) < 4.78 is 1.44. The fraction of sp³-hybridized carbons (Fsp3) is 0.389. The smallest absolute Gasteiger partial charge is 0.269 e. The number of fused-ring (bicyclic) bond motifs is 1. The molecule has 0 bridgehead atoms. The first-order chi connectivity index (χ1) is 11.5. The molecule has 1 aromatic heterocycles. The summed E-state index contributed by atoms with van der Waals surface area (Å²) in [7, 11) is 1.66. The minimum Gasteiger partial charge on any atom is -0.364 e. The van der Waals surface area contributed by atoms with E-state index in [0.717, 1.165) is 31.2 Å². The Balaban J connectivity index is 1.98. The van der Waals surface area contributed by atoms with E-state index in [1.807, 2.05) is 19.1 Å². The van der Waals surface area contributed by atoms with Crippen LogP contribution in [0, 0.1) is 0 Å². The first kappa shape index (κ1) is 16.2. The molecule has 1 aromatic carbocycles. The third-order valence-corrected chi connectivity index (χ3v) is 4.47. The molecule has 0 spiro atoms. The topological polar surface area (TPSA) is 90.0 Å². The molecule has 6 nitrogen and oxygen atoms in total. The first-order valence-corrected chi connectivity index (χ1v) is 8.30. The number of hydrogen-bond acceptors (Lipinski definition) is 3. The lowest BCUT2D eigenvalue weighted by atomic mass is 10.0. The van der Waals surface area contributed by atoms with Crippen LogP contribution < -0.4 is 11.1 Å². The van der Waals surface area contributed by atoms with Crippen molar-refractivity contribution in [2.75, 3.05) is 5.32 Å². The molecule has 6 heteroatoms. The summed E-state index contributed by atoms with van der Waals surface area (Å²) in [4.78, 5) is 24.6. The van der Waals surface area contributed by atoms with E-state index in [1.54, 1.807) is 7.05 Å². The summed E-state index contributed by atoms with van der Waals surface area (Å²) in [5.41, 5.74) is 9.86. The van der Waals surface area contributed by atoms with Gasteiger partial charge in [0.15, 0.2) is 0 Å². The largest absolute Gasteiger partial charge is 0.364 e. The molecular formula is C18H22N4O2. The second-order valence-electron chi connectivity index (χ2n) is 6.16. The number of nitrogens with one attached hydrogen (secondary N) is 1. The predicted molar refractivity (Wildman–Crippen MR) is 92.1 cm³/mol. The van der Waals surface area contributed by atoms with Crippen LogP contribution >= 0.6 is 0 Å². The minimum atomic E-state index is -0.596. The van der Waals surface area contributed by atoms with E-state index in [2.05, 4.69) is 16.5 Å². The van der Waals surface area contributed by atoms with Crippen LogP contribution in [0.4, 0.5) is 5.69 Å². The van der Waals surface area contributed by atoms with Crippen LogP contribution in [0.5, 0.6) is 0 Å². The predicted octanol–water partition coefficient (Wildman–Crippen LogP) is 2.21. The zero-order valence-corrected chi connectivity index (χ0v) is 14.1. The molecule has 2 amide bonds. The van der Waals surface area contributed by atoms with Crippen LogP contribution in [0.15, 0.2) is 18.2 Å². The van der Waals surface area contributed by atoms with Gasteiger partial charge in [0.05, 0.1) is 11.4 Å². The van der Waals surface area contributed by atoms with Crippen molar-refractivity contribution in [3.63, 3.8) is 0 Å². The number of aryl methyl sites for hydroxylation is 3. The number of anilines is 1. The maximum atomic E-state index is 12.8. The van der Waals surface area contributed by atoms with Crippen LogP contribution in [0.1, 0.15) is 57.4 Å². The van der Waals surface area contributed by atoms with Gasteiger partial charge in [0.1, 0.15) is 5.69 Å². The van der Waals surface area contributed by atoms with E-state index in [-0.39, 0.29) is 11.6 Å². The lowest BCUT2D eigenvalue weighted by Gasteiger charge is -2.10. The number of amides is 2. The number of carbonyl (C=O) groups excluding carboxylic acids is 2. The number of nitrogens with two attached hydrogens (primary N) is 1. The van der Waals surface area contributed by atoms with E-state index in [1.165, 1.54) is 10.2 Å². The van der Waals surface area contributed by atoms with Crippen molar-refractivity contribution < 1.29 is 9.59 Å². The standard InChI is InChI=1S/C18H22N4O2/c1-3-6-14-15(16(17(19)23)22(2)21-14)20-18(24)13-10-5-8-11-7-4-9-12(11)13/h5,8,10H,3-4,6-7,9H2,1-2H3,(H2,19,23)(H,20,24). The molecule has 24 heavy (non-hydrogen) atoms. The molecule has 0 unspecified atom stereocenters. The second kappa shape index (κ2) is 6.47. The van der Waals surface area contributed by atoms with E-state index in [9.17, 15) is 9.59 Å². The van der Waals surface area contributed by atoms with Crippen LogP contribution in [-0.4, -0.2) is 21.6 Å². The SMILES string of the molecule is CCCc1nn(C)c(C(N)=O)c1NC(=O)c1cccc2c1CCC2. The van der Waals surface area contributed by atoms with Gasteiger partial charge in [-0.3, -0.25) is 14.3 Å². The summed E-state index contributed by atoms with van der Waals surface area (Å²) in [5, 5.41) is 7.23. The van der Waals surface area contributed by atoms with Crippen molar-refractivity contribution in [3.8, 4) is 0 Å². The van der Waals surface area contributed by atoms with Gasteiger partial charge in [-0.05, 0) is 42.9 Å². The highest BCUT2D eigenvalue weighted by Gasteiger charge is 2.24. The lowest BCUT2D eigenvalue weighted by molar-refractivity contribution is 0.0992. The Kier molecular flexibility index (Phi) is 4.38. The molecular weight excluding hydrogens is 304 g/mol. The van der Waals surface area contributed by atoms with Gasteiger partial charge in [-0.2, -0.15) is 5.10 Å². The van der Waals surface area contributed by atoms with Crippen LogP contribution in [0.2, 0.25) is 0 Å². The van der Waals surface area contributed by atoms with Gasteiger partial charge in [0.2, 0.25) is 0 Å². The highest BCUT2D eigenvalue weighted by Crippen LogP contribution is 2.27. The maximum Gasteiger partial charge on any atom is 0.269 e. The van der Waals surface area contributed by atoms with Crippen molar-refractivity contribution in [1.29, 1.82) is 0 Å². The van der Waals surface area contributed by atoms with E-state index >= 15 is 0 Å². The Hall–Kier alpha value is -2.63. The normalized spacial score (nSPS) is 12.9. The molecule has 0 aliphatic heterocycles. The highest BCUT2D eigenvalue weighted by molar-refractivity contribution is 6.09. The third-order valence-electron chi connectivity index (χ3n) is 4.47. The van der Waals surface area contributed by atoms with Crippen LogP contribution in [0.3, 0.4) is 0 Å². The van der Waals surface area contributed by atoms with Crippen molar-refractivity contribution in [1.82, 2.24) is 9.78 Å². The van der Waals surface area contributed by atoms with E-state index in [4.69, 9.17) is 5.73 Å². The number of hydrogen-bond donors (Lipinski definition) is 2. The third kappa shape index (κ3) is 2.79. The summed E-state index contributed by atoms with van der Waals surface area (Å²) in [6.07, 6.45) is 4.52. The Morgan fingerprint density at radius 2 is 2.12 bits per heavy atom. The molecule has 3 N–H and O–H groups in total. The molecule has 0 atom stereocenters. The highest BCUT2D eigenvalue weighted by atomic mass is 16.2. The number of primary amides is 1. The summed E-state index contributed by atoms with van der Waals surface area (Å²) >= 11 is 0. The zero-order valence-electron chi connectivity index (χ0n) is 14.1. The molecule has 3 rings (SSSR count). The van der Waals surface area contributed by atoms with Gasteiger partial charge in [0, 0.05) is 12.6 Å². The van der Waals surface area contributed by atoms with Gasteiger partial charge in [0.25, 0.3) is 11.8 Å². The molecule has 2 aromatic rings. The molecule has 0 saturated heterocycles. The van der Waals surface area contributed by atoms with Gasteiger partial charge >= 0.3 is 0 Å².